The summed E-state index contributed by atoms with van der Waals surface area (Å²) in [7, 11) is -3.80. The highest BCUT2D eigenvalue weighted by Crippen LogP contribution is 2.25. The highest BCUT2D eigenvalue weighted by molar-refractivity contribution is 9.10. The summed E-state index contributed by atoms with van der Waals surface area (Å²) in [6, 6.07) is 21.7. The van der Waals surface area contributed by atoms with E-state index in [0.717, 1.165) is 50.1 Å². The zero-order valence-electron chi connectivity index (χ0n) is 23.6. The number of hydrogen-bond donors (Lipinski definition) is 1. The molecule has 7 nitrogen and oxygen atoms in total. The van der Waals surface area contributed by atoms with E-state index in [2.05, 4.69) is 21.2 Å². The van der Waals surface area contributed by atoms with Gasteiger partial charge >= 0.3 is 0 Å². The molecule has 214 valence electrons. The Morgan fingerprint density at radius 3 is 2.23 bits per heavy atom. The Balaban J connectivity index is 2.04. The summed E-state index contributed by atoms with van der Waals surface area (Å²) in [6.07, 6.45) is 3.13. The Labute approximate surface area is 246 Å². The molecular weight excluding hydrogens is 590 g/mol. The lowest BCUT2D eigenvalue weighted by molar-refractivity contribution is -0.140. The quantitative estimate of drug-likeness (QED) is 0.258. The molecule has 0 aliphatic heterocycles. The highest BCUT2D eigenvalue weighted by Gasteiger charge is 2.33. The number of carbonyl (C=O) groups is 2. The normalized spacial score (nSPS) is 12.0. The molecule has 0 aliphatic rings. The molecule has 0 saturated carbocycles. The number of sulfonamides is 1. The highest BCUT2D eigenvalue weighted by atomic mass is 79.9. The van der Waals surface area contributed by atoms with Crippen LogP contribution in [0.5, 0.6) is 0 Å². The number of nitrogens with zero attached hydrogens (tertiary/aromatic N) is 2. The number of nitrogens with one attached hydrogen (secondary N) is 1. The number of carbonyl (C=O) groups excluding carboxylic acids is 2. The maximum absolute atomic E-state index is 14.1. The summed E-state index contributed by atoms with van der Waals surface area (Å²) in [6.45, 7) is 6.02. The monoisotopic (exact) mass is 627 g/mol. The molecule has 1 N–H and O–H groups in total. The van der Waals surface area contributed by atoms with E-state index in [1.165, 1.54) is 4.90 Å². The SMILES string of the molecule is CCCCNC(=O)[C@H](Cc1ccccc1)N(Cc1ccc(Br)cc1)C(=O)CN(c1ccc(C)cc1C)S(C)(=O)=O. The minimum Gasteiger partial charge on any atom is -0.354 e. The molecule has 0 unspecified atom stereocenters. The minimum absolute atomic E-state index is 0.148. The second-order valence-corrected chi connectivity index (χ2v) is 12.9. The first-order valence-electron chi connectivity index (χ1n) is 13.4. The number of halogens is 1. The van der Waals surface area contributed by atoms with Crippen molar-refractivity contribution in [3.63, 3.8) is 0 Å². The third-order valence-corrected chi connectivity index (χ3v) is 8.32. The predicted octanol–water partition coefficient (Wildman–Crippen LogP) is 5.39. The Kier molecular flexibility index (Phi) is 11.3. The van der Waals surface area contributed by atoms with Crippen molar-refractivity contribution in [3.05, 3.63) is 99.5 Å². The van der Waals surface area contributed by atoms with Gasteiger partial charge in [0, 0.05) is 24.0 Å². The van der Waals surface area contributed by atoms with E-state index >= 15 is 0 Å². The average Bonchev–Trinajstić information content (AvgIpc) is 2.90. The molecule has 0 heterocycles. The lowest BCUT2D eigenvalue weighted by atomic mass is 10.0. The Hall–Kier alpha value is -3.17. The molecule has 3 aromatic carbocycles. The van der Waals surface area contributed by atoms with Crippen LogP contribution >= 0.6 is 15.9 Å². The van der Waals surface area contributed by atoms with Gasteiger partial charge in [-0.1, -0.05) is 89.4 Å². The van der Waals surface area contributed by atoms with Crippen LogP contribution in [-0.4, -0.2) is 50.5 Å². The van der Waals surface area contributed by atoms with Crippen LogP contribution in [0.15, 0.2) is 77.3 Å². The maximum Gasteiger partial charge on any atom is 0.244 e. The van der Waals surface area contributed by atoms with E-state index in [4.69, 9.17) is 0 Å². The van der Waals surface area contributed by atoms with Crippen LogP contribution < -0.4 is 9.62 Å². The molecule has 1 atom stereocenters. The van der Waals surface area contributed by atoms with Gasteiger partial charge in [-0.05, 0) is 55.2 Å². The van der Waals surface area contributed by atoms with E-state index in [-0.39, 0.29) is 12.5 Å². The molecular formula is C31H38BrN3O4S. The lowest BCUT2D eigenvalue weighted by Crippen LogP contribution is -2.53. The van der Waals surface area contributed by atoms with Crippen LogP contribution in [0.3, 0.4) is 0 Å². The number of amides is 2. The number of rotatable bonds is 13. The number of unbranched alkanes of at least 4 members (excludes halogenated alkanes) is 1. The van der Waals surface area contributed by atoms with Crippen LogP contribution in [0.4, 0.5) is 5.69 Å². The van der Waals surface area contributed by atoms with Gasteiger partial charge < -0.3 is 10.2 Å². The molecule has 0 fully saturated rings. The fourth-order valence-electron chi connectivity index (χ4n) is 4.53. The van der Waals surface area contributed by atoms with Gasteiger partial charge in [-0.25, -0.2) is 8.42 Å². The number of benzene rings is 3. The predicted molar refractivity (Wildman–Crippen MR) is 165 cm³/mol. The third-order valence-electron chi connectivity index (χ3n) is 6.67. The molecule has 40 heavy (non-hydrogen) atoms. The molecule has 0 saturated heterocycles. The van der Waals surface area contributed by atoms with Crippen LogP contribution in [0.1, 0.15) is 42.0 Å². The Morgan fingerprint density at radius 1 is 0.950 bits per heavy atom. The first-order chi connectivity index (χ1) is 19.0. The standard InChI is InChI=1S/C31H38BrN3O4S/c1-5-6-18-33-31(37)29(20-25-10-8-7-9-11-25)34(21-26-13-15-27(32)16-14-26)30(36)22-35(40(4,38)39)28-17-12-23(2)19-24(28)3/h7-17,19,29H,5-6,18,20-22H2,1-4H3,(H,33,37)/t29-/m0/s1. The van der Waals surface area contributed by atoms with E-state index in [1.807, 2.05) is 87.5 Å². The van der Waals surface area contributed by atoms with Crippen LogP contribution in [0, 0.1) is 13.8 Å². The van der Waals surface area contributed by atoms with Gasteiger partial charge in [0.2, 0.25) is 21.8 Å². The average molecular weight is 629 g/mol. The summed E-state index contributed by atoms with van der Waals surface area (Å²) < 4.78 is 28.0. The second kappa shape index (κ2) is 14.5. The van der Waals surface area contributed by atoms with Crippen molar-refractivity contribution in [1.29, 1.82) is 0 Å². The van der Waals surface area contributed by atoms with Gasteiger partial charge in [0.25, 0.3) is 0 Å². The zero-order chi connectivity index (χ0) is 29.3. The van der Waals surface area contributed by atoms with Crippen molar-refractivity contribution < 1.29 is 18.0 Å². The van der Waals surface area contributed by atoms with Crippen molar-refractivity contribution in [3.8, 4) is 0 Å². The number of anilines is 1. The Bertz CT molecular complexity index is 1400. The van der Waals surface area contributed by atoms with Crippen molar-refractivity contribution in [2.45, 2.75) is 52.6 Å². The zero-order valence-corrected chi connectivity index (χ0v) is 26.0. The molecule has 0 radical (unpaired) electrons. The number of hydrogen-bond acceptors (Lipinski definition) is 4. The first kappa shape index (κ1) is 31.4. The fourth-order valence-corrected chi connectivity index (χ4v) is 5.70. The van der Waals surface area contributed by atoms with Crippen molar-refractivity contribution >= 4 is 43.5 Å². The third kappa shape index (κ3) is 8.93. The minimum atomic E-state index is -3.80. The summed E-state index contributed by atoms with van der Waals surface area (Å²) >= 11 is 3.45. The van der Waals surface area contributed by atoms with Crippen LogP contribution in [-0.2, 0) is 32.6 Å². The van der Waals surface area contributed by atoms with Gasteiger partial charge in [-0.3, -0.25) is 13.9 Å². The topological polar surface area (TPSA) is 86.8 Å². The van der Waals surface area contributed by atoms with Gasteiger partial charge in [0.05, 0.1) is 11.9 Å². The molecule has 3 aromatic rings. The second-order valence-electron chi connectivity index (χ2n) is 10.1. The molecule has 9 heteroatoms. The van der Waals surface area contributed by atoms with Crippen molar-refractivity contribution in [2.24, 2.45) is 0 Å². The van der Waals surface area contributed by atoms with Gasteiger partial charge in [-0.15, -0.1) is 0 Å². The summed E-state index contributed by atoms with van der Waals surface area (Å²) in [5.41, 5.74) is 3.91. The fraction of sp³-hybridized carbons (Fsp3) is 0.355. The molecule has 0 aliphatic carbocycles. The molecule has 0 aromatic heterocycles. The van der Waals surface area contributed by atoms with E-state index in [1.54, 1.807) is 6.07 Å². The van der Waals surface area contributed by atoms with E-state index in [0.29, 0.717) is 18.7 Å². The number of aryl methyl sites for hydroxylation is 2. The first-order valence-corrected chi connectivity index (χ1v) is 16.0. The molecule has 0 bridgehead atoms. The van der Waals surface area contributed by atoms with Gasteiger partial charge in [0.15, 0.2) is 0 Å². The molecule has 0 spiro atoms. The van der Waals surface area contributed by atoms with Crippen molar-refractivity contribution in [1.82, 2.24) is 10.2 Å². The van der Waals surface area contributed by atoms with Crippen molar-refractivity contribution in [2.75, 3.05) is 23.7 Å². The summed E-state index contributed by atoms with van der Waals surface area (Å²) in [5, 5.41) is 2.99. The molecule has 2 amide bonds. The smallest absolute Gasteiger partial charge is 0.244 e. The van der Waals surface area contributed by atoms with Gasteiger partial charge in [-0.2, -0.15) is 0 Å². The summed E-state index contributed by atoms with van der Waals surface area (Å²) in [4.78, 5) is 29.2. The van der Waals surface area contributed by atoms with E-state index < -0.39 is 28.5 Å². The largest absolute Gasteiger partial charge is 0.354 e. The maximum atomic E-state index is 14.1. The Morgan fingerprint density at radius 2 is 1.62 bits per heavy atom. The van der Waals surface area contributed by atoms with Gasteiger partial charge in [0.1, 0.15) is 12.6 Å². The molecule has 3 rings (SSSR count). The van der Waals surface area contributed by atoms with Crippen LogP contribution in [0.2, 0.25) is 0 Å². The van der Waals surface area contributed by atoms with E-state index in [9.17, 15) is 18.0 Å². The van der Waals surface area contributed by atoms with Crippen LogP contribution in [0.25, 0.3) is 0 Å². The summed E-state index contributed by atoms with van der Waals surface area (Å²) in [5.74, 6) is -0.722. The lowest BCUT2D eigenvalue weighted by Gasteiger charge is -2.34.